The summed E-state index contributed by atoms with van der Waals surface area (Å²) in [4.78, 5) is 32.0. The summed E-state index contributed by atoms with van der Waals surface area (Å²) in [5, 5.41) is 3.28. The molecule has 1 saturated heterocycles. The Morgan fingerprint density at radius 2 is 1.66 bits per heavy atom. The standard InChI is InChI=1S/C24H29N3O2/c1-16-6-3-4-8-20(16)22(21-17(2)7-5-13-25-21)26-23(28)18-11-14-27(15-12-18)24(29)19-9-10-19/h3-8,13,18-19,22H,9-12,14-15H2,1-2H3,(H,26,28). The molecule has 2 aliphatic rings. The van der Waals surface area contributed by atoms with Crippen LogP contribution >= 0.6 is 0 Å². The number of amides is 2. The number of carbonyl (C=O) groups is 2. The van der Waals surface area contributed by atoms with Gasteiger partial charge in [-0.25, -0.2) is 0 Å². The maximum Gasteiger partial charge on any atom is 0.225 e. The van der Waals surface area contributed by atoms with Crippen LogP contribution < -0.4 is 5.32 Å². The quantitative estimate of drug-likeness (QED) is 0.848. The molecular weight excluding hydrogens is 362 g/mol. The molecule has 2 amide bonds. The predicted molar refractivity (Wildman–Crippen MR) is 112 cm³/mol. The average Bonchev–Trinajstić information content (AvgIpc) is 3.58. The zero-order valence-electron chi connectivity index (χ0n) is 17.2. The highest BCUT2D eigenvalue weighted by atomic mass is 16.2. The third kappa shape index (κ3) is 4.34. The Kier molecular flexibility index (Phi) is 5.65. The van der Waals surface area contributed by atoms with Crippen LogP contribution in [0.4, 0.5) is 0 Å². The summed E-state index contributed by atoms with van der Waals surface area (Å²) in [6.07, 6.45) is 5.29. The van der Waals surface area contributed by atoms with Gasteiger partial charge in [-0.05, 0) is 62.3 Å². The van der Waals surface area contributed by atoms with Crippen LogP contribution in [0.15, 0.2) is 42.6 Å². The Balaban J connectivity index is 1.49. The van der Waals surface area contributed by atoms with Crippen molar-refractivity contribution >= 4 is 11.8 Å². The number of rotatable bonds is 5. The van der Waals surface area contributed by atoms with Gasteiger partial charge in [0, 0.05) is 31.1 Å². The van der Waals surface area contributed by atoms with Crippen molar-refractivity contribution in [2.75, 3.05) is 13.1 Å². The summed E-state index contributed by atoms with van der Waals surface area (Å²) < 4.78 is 0. The Morgan fingerprint density at radius 3 is 2.31 bits per heavy atom. The molecule has 2 aromatic rings. The molecule has 1 atom stereocenters. The average molecular weight is 392 g/mol. The van der Waals surface area contributed by atoms with Crippen LogP contribution in [0, 0.1) is 25.7 Å². The van der Waals surface area contributed by atoms with Gasteiger partial charge in [-0.3, -0.25) is 14.6 Å². The predicted octanol–water partition coefficient (Wildman–Crippen LogP) is 3.55. The third-order valence-corrected chi connectivity index (χ3v) is 6.21. The van der Waals surface area contributed by atoms with Gasteiger partial charge in [0.25, 0.3) is 0 Å². The van der Waals surface area contributed by atoms with E-state index in [4.69, 9.17) is 0 Å². The van der Waals surface area contributed by atoms with Crippen LogP contribution in [0.5, 0.6) is 0 Å². The minimum Gasteiger partial charge on any atom is -0.343 e. The van der Waals surface area contributed by atoms with E-state index in [1.807, 2.05) is 36.1 Å². The first-order valence-corrected chi connectivity index (χ1v) is 10.6. The first-order valence-electron chi connectivity index (χ1n) is 10.6. The van der Waals surface area contributed by atoms with Crippen LogP contribution in [-0.2, 0) is 9.59 Å². The normalized spacial score (nSPS) is 18.3. The van der Waals surface area contributed by atoms with Crippen LogP contribution in [0.2, 0.25) is 0 Å². The zero-order chi connectivity index (χ0) is 20.4. The summed E-state index contributed by atoms with van der Waals surface area (Å²) in [7, 11) is 0. The van der Waals surface area contributed by atoms with Crippen molar-refractivity contribution in [2.24, 2.45) is 11.8 Å². The number of benzene rings is 1. The van der Waals surface area contributed by atoms with Crippen LogP contribution in [0.1, 0.15) is 54.1 Å². The van der Waals surface area contributed by atoms with E-state index in [2.05, 4.69) is 29.4 Å². The fourth-order valence-electron chi connectivity index (χ4n) is 4.21. The fourth-order valence-corrected chi connectivity index (χ4v) is 4.21. The Bertz CT molecular complexity index is 853. The van der Waals surface area contributed by atoms with Crippen molar-refractivity contribution < 1.29 is 9.59 Å². The number of nitrogens with zero attached hydrogens (tertiary/aromatic N) is 2. The van der Waals surface area contributed by atoms with E-state index < -0.39 is 0 Å². The molecule has 5 nitrogen and oxygen atoms in total. The maximum atomic E-state index is 13.2. The highest BCUT2D eigenvalue weighted by Gasteiger charge is 2.36. The van der Waals surface area contributed by atoms with E-state index in [9.17, 15) is 9.59 Å². The number of pyridine rings is 1. The molecule has 1 aliphatic carbocycles. The lowest BCUT2D eigenvalue weighted by Crippen LogP contribution is -2.44. The molecule has 1 unspecified atom stereocenters. The number of piperidine rings is 1. The van der Waals surface area contributed by atoms with Gasteiger partial charge >= 0.3 is 0 Å². The molecule has 1 aromatic heterocycles. The van der Waals surface area contributed by atoms with E-state index in [1.54, 1.807) is 6.20 Å². The van der Waals surface area contributed by atoms with E-state index in [-0.39, 0.29) is 29.7 Å². The molecule has 2 heterocycles. The summed E-state index contributed by atoms with van der Waals surface area (Å²) in [5.41, 5.74) is 4.15. The highest BCUT2D eigenvalue weighted by molar-refractivity contribution is 5.82. The van der Waals surface area contributed by atoms with Crippen molar-refractivity contribution in [1.29, 1.82) is 0 Å². The second-order valence-corrected chi connectivity index (χ2v) is 8.38. The van der Waals surface area contributed by atoms with Crippen molar-refractivity contribution in [3.63, 3.8) is 0 Å². The summed E-state index contributed by atoms with van der Waals surface area (Å²) >= 11 is 0. The van der Waals surface area contributed by atoms with E-state index in [0.717, 1.165) is 48.1 Å². The minimum absolute atomic E-state index is 0.0572. The van der Waals surface area contributed by atoms with Gasteiger partial charge < -0.3 is 10.2 Å². The highest BCUT2D eigenvalue weighted by Crippen LogP contribution is 2.33. The molecule has 0 bridgehead atoms. The number of nitrogens with one attached hydrogen (secondary N) is 1. The van der Waals surface area contributed by atoms with Gasteiger partial charge in [0.15, 0.2) is 0 Å². The van der Waals surface area contributed by atoms with Gasteiger partial charge in [0.05, 0.1) is 11.7 Å². The Hall–Kier alpha value is -2.69. The Labute approximate surface area is 172 Å². The minimum atomic E-state index is -0.268. The smallest absolute Gasteiger partial charge is 0.225 e. The summed E-state index contributed by atoms with van der Waals surface area (Å²) in [5.74, 6) is 0.527. The molecule has 1 aromatic carbocycles. The van der Waals surface area contributed by atoms with E-state index >= 15 is 0 Å². The molecule has 2 fully saturated rings. The van der Waals surface area contributed by atoms with Crippen molar-refractivity contribution in [3.05, 3.63) is 65.0 Å². The van der Waals surface area contributed by atoms with Gasteiger partial charge in [0.1, 0.15) is 0 Å². The van der Waals surface area contributed by atoms with Gasteiger partial charge in [0.2, 0.25) is 11.8 Å². The summed E-state index contributed by atoms with van der Waals surface area (Å²) in [6, 6.07) is 11.8. The maximum absolute atomic E-state index is 13.2. The number of aryl methyl sites for hydroxylation is 2. The third-order valence-electron chi connectivity index (χ3n) is 6.21. The van der Waals surface area contributed by atoms with Crippen LogP contribution in [-0.4, -0.2) is 34.8 Å². The largest absolute Gasteiger partial charge is 0.343 e. The van der Waals surface area contributed by atoms with Crippen molar-refractivity contribution in [3.8, 4) is 0 Å². The molecular formula is C24H29N3O2. The molecule has 1 N–H and O–H groups in total. The van der Waals surface area contributed by atoms with Crippen LogP contribution in [0.3, 0.4) is 0 Å². The molecule has 0 spiro atoms. The summed E-state index contributed by atoms with van der Waals surface area (Å²) in [6.45, 7) is 5.46. The van der Waals surface area contributed by atoms with Crippen molar-refractivity contribution in [1.82, 2.24) is 15.2 Å². The van der Waals surface area contributed by atoms with Crippen LogP contribution in [0.25, 0.3) is 0 Å². The van der Waals surface area contributed by atoms with Crippen molar-refractivity contribution in [2.45, 2.75) is 45.6 Å². The first-order chi connectivity index (χ1) is 14.0. The number of hydrogen-bond acceptors (Lipinski definition) is 3. The first kappa shape index (κ1) is 19.6. The number of hydrogen-bond donors (Lipinski definition) is 1. The molecule has 0 radical (unpaired) electrons. The van der Waals surface area contributed by atoms with E-state index in [0.29, 0.717) is 13.1 Å². The Morgan fingerprint density at radius 1 is 0.966 bits per heavy atom. The molecule has 4 rings (SSSR count). The van der Waals surface area contributed by atoms with Gasteiger partial charge in [-0.1, -0.05) is 30.3 Å². The number of likely N-dealkylation sites (tertiary alicyclic amines) is 1. The molecule has 1 aliphatic heterocycles. The SMILES string of the molecule is Cc1ccccc1C(NC(=O)C1CCN(C(=O)C2CC2)CC1)c1ncccc1C. The van der Waals surface area contributed by atoms with E-state index in [1.165, 1.54) is 0 Å². The lowest BCUT2D eigenvalue weighted by molar-refractivity contribution is -0.136. The lowest BCUT2D eigenvalue weighted by atomic mass is 9.92. The lowest BCUT2D eigenvalue weighted by Gasteiger charge is -2.32. The topological polar surface area (TPSA) is 62.3 Å². The fraction of sp³-hybridized carbons (Fsp3) is 0.458. The second-order valence-electron chi connectivity index (χ2n) is 8.38. The second kappa shape index (κ2) is 8.36. The monoisotopic (exact) mass is 391 g/mol. The number of carbonyl (C=O) groups excluding carboxylic acids is 2. The van der Waals surface area contributed by atoms with Gasteiger partial charge in [-0.15, -0.1) is 0 Å². The van der Waals surface area contributed by atoms with Gasteiger partial charge in [-0.2, -0.15) is 0 Å². The molecule has 29 heavy (non-hydrogen) atoms. The number of aromatic nitrogens is 1. The molecule has 5 heteroatoms. The zero-order valence-corrected chi connectivity index (χ0v) is 17.2. The molecule has 152 valence electrons. The molecule has 1 saturated carbocycles.